The largest absolute Gasteiger partial charge is 0.506 e. The lowest BCUT2D eigenvalue weighted by Gasteiger charge is -2.25. The van der Waals surface area contributed by atoms with E-state index in [0.29, 0.717) is 17.7 Å². The van der Waals surface area contributed by atoms with Crippen LogP contribution in [0, 0.1) is 0 Å². The smallest absolute Gasteiger partial charge is 0.141 e. The van der Waals surface area contributed by atoms with Crippen LogP contribution in [-0.4, -0.2) is 14.7 Å². The van der Waals surface area contributed by atoms with Crippen molar-refractivity contribution in [1.82, 2.24) is 9.55 Å². The average Bonchev–Trinajstić information content (AvgIpc) is 2.99. The first-order valence-corrected chi connectivity index (χ1v) is 6.54. The second kappa shape index (κ2) is 3.25. The van der Waals surface area contributed by atoms with Gasteiger partial charge in [0.2, 0.25) is 0 Å². The van der Waals surface area contributed by atoms with Gasteiger partial charge in [-0.1, -0.05) is 12.5 Å². The summed E-state index contributed by atoms with van der Waals surface area (Å²) in [5, 5.41) is 10.1. The minimum absolute atomic E-state index is 0.382. The molecule has 2 fully saturated rings. The minimum Gasteiger partial charge on any atom is -0.506 e. The number of para-hydroxylation sites is 1. The fourth-order valence-electron chi connectivity index (χ4n) is 2.81. The molecule has 0 saturated heterocycles. The maximum atomic E-state index is 10.1. The zero-order chi connectivity index (χ0) is 11.4. The minimum atomic E-state index is 0.382. The molecule has 2 aliphatic rings. The molecule has 2 aromatic rings. The number of aromatic hydroxyl groups is 1. The molecular formula is C14H16N2O. The maximum absolute atomic E-state index is 10.1. The van der Waals surface area contributed by atoms with Crippen LogP contribution < -0.4 is 0 Å². The summed E-state index contributed by atoms with van der Waals surface area (Å²) in [4.78, 5) is 4.76. The number of benzene rings is 1. The zero-order valence-corrected chi connectivity index (χ0v) is 9.76. The summed E-state index contributed by atoms with van der Waals surface area (Å²) in [5.74, 6) is 2.23. The first kappa shape index (κ1) is 9.51. The Hall–Kier alpha value is -1.51. The van der Waals surface area contributed by atoms with Crippen molar-refractivity contribution in [3.05, 3.63) is 24.0 Å². The van der Waals surface area contributed by atoms with E-state index in [2.05, 4.69) is 4.57 Å². The third kappa shape index (κ3) is 1.31. The van der Waals surface area contributed by atoms with Crippen molar-refractivity contribution in [2.45, 2.75) is 44.1 Å². The molecule has 3 heteroatoms. The van der Waals surface area contributed by atoms with Crippen molar-refractivity contribution in [2.75, 3.05) is 0 Å². The summed E-state index contributed by atoms with van der Waals surface area (Å²) >= 11 is 0. The molecule has 1 N–H and O–H groups in total. The normalized spacial score (nSPS) is 20.7. The van der Waals surface area contributed by atoms with Gasteiger partial charge in [-0.25, -0.2) is 4.98 Å². The maximum Gasteiger partial charge on any atom is 0.141 e. The van der Waals surface area contributed by atoms with Crippen molar-refractivity contribution in [3.63, 3.8) is 0 Å². The highest BCUT2D eigenvalue weighted by Gasteiger charge is 2.33. The van der Waals surface area contributed by atoms with Crippen LogP contribution in [0.15, 0.2) is 18.2 Å². The molecule has 0 aliphatic heterocycles. The first-order valence-electron chi connectivity index (χ1n) is 6.54. The van der Waals surface area contributed by atoms with Gasteiger partial charge in [0.05, 0.1) is 5.52 Å². The van der Waals surface area contributed by atoms with Crippen molar-refractivity contribution >= 4 is 11.0 Å². The number of phenolic OH excluding ortho intramolecular Hbond substituents is 1. The van der Waals surface area contributed by atoms with Gasteiger partial charge in [0.25, 0.3) is 0 Å². The van der Waals surface area contributed by atoms with E-state index in [1.165, 1.54) is 37.9 Å². The number of aromatic nitrogens is 2. The predicted molar refractivity (Wildman–Crippen MR) is 66.3 cm³/mol. The average molecular weight is 228 g/mol. The van der Waals surface area contributed by atoms with Crippen LogP contribution in [-0.2, 0) is 0 Å². The van der Waals surface area contributed by atoms with Gasteiger partial charge >= 0.3 is 0 Å². The molecule has 1 aromatic heterocycles. The monoisotopic (exact) mass is 228 g/mol. The van der Waals surface area contributed by atoms with Crippen LogP contribution in [0.4, 0.5) is 0 Å². The quantitative estimate of drug-likeness (QED) is 0.856. The lowest BCUT2D eigenvalue weighted by Crippen LogP contribution is -2.14. The van der Waals surface area contributed by atoms with Crippen molar-refractivity contribution < 1.29 is 5.11 Å². The number of hydrogen-bond acceptors (Lipinski definition) is 2. The molecule has 0 unspecified atom stereocenters. The van der Waals surface area contributed by atoms with Crippen molar-refractivity contribution in [1.29, 1.82) is 0 Å². The molecule has 1 heterocycles. The van der Waals surface area contributed by atoms with Gasteiger partial charge in [-0.3, -0.25) is 0 Å². The standard InChI is InChI=1S/C14H16N2O/c17-12-6-2-5-11-13(12)16(10-7-8-10)14(15-11)9-3-1-4-9/h2,5-6,9-10,17H,1,3-4,7-8H2. The van der Waals surface area contributed by atoms with E-state index in [1.54, 1.807) is 6.07 Å². The number of nitrogens with zero attached hydrogens (tertiary/aromatic N) is 2. The van der Waals surface area contributed by atoms with Gasteiger partial charge in [0.15, 0.2) is 0 Å². The Morgan fingerprint density at radius 2 is 2.00 bits per heavy atom. The SMILES string of the molecule is Oc1cccc2nc(C3CCC3)n(C3CC3)c12. The summed E-state index contributed by atoms with van der Waals surface area (Å²) in [7, 11) is 0. The Labute approximate surface area is 100 Å². The van der Waals surface area contributed by atoms with Crippen LogP contribution in [0.1, 0.15) is 49.9 Å². The number of rotatable bonds is 2. The van der Waals surface area contributed by atoms with E-state index in [0.717, 1.165) is 11.0 Å². The topological polar surface area (TPSA) is 38.1 Å². The molecular weight excluding hydrogens is 212 g/mol. The second-order valence-corrected chi connectivity index (χ2v) is 5.34. The molecule has 0 radical (unpaired) electrons. The lowest BCUT2D eigenvalue weighted by atomic mass is 9.85. The Kier molecular flexibility index (Phi) is 1.82. The van der Waals surface area contributed by atoms with Gasteiger partial charge in [-0.2, -0.15) is 0 Å². The van der Waals surface area contributed by atoms with E-state index in [9.17, 15) is 5.11 Å². The third-order valence-corrected chi connectivity index (χ3v) is 4.10. The number of phenols is 1. The molecule has 4 rings (SSSR count). The van der Waals surface area contributed by atoms with Gasteiger partial charge < -0.3 is 9.67 Å². The molecule has 0 bridgehead atoms. The molecule has 3 nitrogen and oxygen atoms in total. The zero-order valence-electron chi connectivity index (χ0n) is 9.76. The Balaban J connectivity index is 1.99. The predicted octanol–water partition coefficient (Wildman–Crippen LogP) is 3.34. The van der Waals surface area contributed by atoms with E-state index in [4.69, 9.17) is 4.98 Å². The molecule has 0 amide bonds. The van der Waals surface area contributed by atoms with E-state index in [-0.39, 0.29) is 0 Å². The Morgan fingerprint density at radius 3 is 2.65 bits per heavy atom. The van der Waals surface area contributed by atoms with Crippen LogP contribution in [0.5, 0.6) is 5.75 Å². The Morgan fingerprint density at radius 1 is 1.18 bits per heavy atom. The highest BCUT2D eigenvalue weighted by atomic mass is 16.3. The van der Waals surface area contributed by atoms with Crippen LogP contribution >= 0.6 is 0 Å². The van der Waals surface area contributed by atoms with Gasteiger partial charge in [0, 0.05) is 12.0 Å². The van der Waals surface area contributed by atoms with Gasteiger partial charge in [-0.05, 0) is 37.8 Å². The van der Waals surface area contributed by atoms with Crippen LogP contribution in [0.3, 0.4) is 0 Å². The molecule has 88 valence electrons. The highest BCUT2D eigenvalue weighted by Crippen LogP contribution is 2.45. The van der Waals surface area contributed by atoms with Gasteiger partial charge in [0.1, 0.15) is 17.1 Å². The fourth-order valence-corrected chi connectivity index (χ4v) is 2.81. The summed E-state index contributed by atoms with van der Waals surface area (Å²) < 4.78 is 2.31. The number of hydrogen-bond donors (Lipinski definition) is 1. The summed E-state index contributed by atoms with van der Waals surface area (Å²) in [6, 6.07) is 6.25. The van der Waals surface area contributed by atoms with Crippen LogP contribution in [0.25, 0.3) is 11.0 Å². The van der Waals surface area contributed by atoms with E-state index >= 15 is 0 Å². The number of fused-ring (bicyclic) bond motifs is 1. The number of imidazole rings is 1. The first-order chi connectivity index (χ1) is 8.34. The fraction of sp³-hybridized carbons (Fsp3) is 0.500. The lowest BCUT2D eigenvalue weighted by molar-refractivity contribution is 0.388. The summed E-state index contributed by atoms with van der Waals surface area (Å²) in [5.41, 5.74) is 1.91. The Bertz CT molecular complexity index is 579. The van der Waals surface area contributed by atoms with E-state index < -0.39 is 0 Å². The molecule has 17 heavy (non-hydrogen) atoms. The van der Waals surface area contributed by atoms with Crippen molar-refractivity contribution in [3.8, 4) is 5.75 Å². The van der Waals surface area contributed by atoms with Crippen molar-refractivity contribution in [2.24, 2.45) is 0 Å². The highest BCUT2D eigenvalue weighted by molar-refractivity contribution is 5.82. The molecule has 0 spiro atoms. The van der Waals surface area contributed by atoms with Gasteiger partial charge in [-0.15, -0.1) is 0 Å². The molecule has 2 aliphatic carbocycles. The molecule has 2 saturated carbocycles. The van der Waals surface area contributed by atoms with Crippen LogP contribution in [0.2, 0.25) is 0 Å². The summed E-state index contributed by atoms with van der Waals surface area (Å²) in [6.07, 6.45) is 6.32. The molecule has 1 aromatic carbocycles. The summed E-state index contributed by atoms with van der Waals surface area (Å²) in [6.45, 7) is 0. The van der Waals surface area contributed by atoms with E-state index in [1.807, 2.05) is 12.1 Å². The second-order valence-electron chi connectivity index (χ2n) is 5.34. The molecule has 0 atom stereocenters. The third-order valence-electron chi connectivity index (χ3n) is 4.10.